The second kappa shape index (κ2) is 14.5. The Balaban J connectivity index is 1.66. The summed E-state index contributed by atoms with van der Waals surface area (Å²) in [6.45, 7) is 7.93. The van der Waals surface area contributed by atoms with Gasteiger partial charge in [0.25, 0.3) is 5.91 Å². The van der Waals surface area contributed by atoms with E-state index in [9.17, 15) is 19.2 Å². The van der Waals surface area contributed by atoms with Gasteiger partial charge in [-0.05, 0) is 41.2 Å². The molecule has 0 radical (unpaired) electrons. The molecule has 4 N–H and O–H groups in total. The second-order valence-corrected chi connectivity index (χ2v) is 11.1. The summed E-state index contributed by atoms with van der Waals surface area (Å²) >= 11 is 0. The lowest BCUT2D eigenvalue weighted by atomic mass is 9.82. The van der Waals surface area contributed by atoms with E-state index in [1.165, 1.54) is 7.11 Å². The molecule has 4 rings (SSSR count). The lowest BCUT2D eigenvalue weighted by Gasteiger charge is -2.32. The van der Waals surface area contributed by atoms with Gasteiger partial charge in [0.05, 0.1) is 13.2 Å². The van der Waals surface area contributed by atoms with Gasteiger partial charge in [-0.2, -0.15) is 0 Å². The van der Waals surface area contributed by atoms with E-state index in [1.807, 2.05) is 62.4 Å². The highest BCUT2D eigenvalue weighted by molar-refractivity contribution is 6.11. The summed E-state index contributed by atoms with van der Waals surface area (Å²) in [5.41, 5.74) is 4.51. The zero-order chi connectivity index (χ0) is 31.8. The maximum absolute atomic E-state index is 13.6. The molecule has 1 aliphatic heterocycles. The molecule has 9 nitrogen and oxygen atoms in total. The van der Waals surface area contributed by atoms with Crippen molar-refractivity contribution < 1.29 is 23.9 Å². The third-order valence-electron chi connectivity index (χ3n) is 8.22. The van der Waals surface area contributed by atoms with Crippen molar-refractivity contribution in [2.45, 2.75) is 52.6 Å². The number of rotatable bonds is 10. The number of anilines is 2. The van der Waals surface area contributed by atoms with Gasteiger partial charge in [0.2, 0.25) is 11.8 Å². The first-order valence-electron chi connectivity index (χ1n) is 14.9. The fourth-order valence-corrected chi connectivity index (χ4v) is 5.31. The maximum Gasteiger partial charge on any atom is 0.407 e. The molecule has 0 aliphatic carbocycles. The van der Waals surface area contributed by atoms with E-state index in [-0.39, 0.29) is 35.6 Å². The van der Waals surface area contributed by atoms with E-state index in [0.29, 0.717) is 34.5 Å². The zero-order valence-electron chi connectivity index (χ0n) is 25.8. The molecule has 4 atom stereocenters. The largest absolute Gasteiger partial charge is 0.453 e. The first kappa shape index (κ1) is 32.0. The Morgan fingerprint density at radius 1 is 0.818 bits per heavy atom. The predicted molar refractivity (Wildman–Crippen MR) is 173 cm³/mol. The molecule has 44 heavy (non-hydrogen) atoms. The Morgan fingerprint density at radius 3 is 1.93 bits per heavy atom. The van der Waals surface area contributed by atoms with Crippen molar-refractivity contribution in [2.75, 3.05) is 17.7 Å². The third kappa shape index (κ3) is 7.16. The minimum atomic E-state index is -0.806. The number of para-hydroxylation sites is 2. The van der Waals surface area contributed by atoms with E-state index >= 15 is 0 Å². The van der Waals surface area contributed by atoms with Gasteiger partial charge in [0, 0.05) is 34.1 Å². The Labute approximate surface area is 258 Å². The summed E-state index contributed by atoms with van der Waals surface area (Å²) in [5.74, 6) is -0.897. The second-order valence-electron chi connectivity index (χ2n) is 11.1. The topological polar surface area (TPSA) is 126 Å². The van der Waals surface area contributed by atoms with Crippen LogP contribution >= 0.6 is 0 Å². The summed E-state index contributed by atoms with van der Waals surface area (Å²) in [6, 6.07) is 20.8. The van der Waals surface area contributed by atoms with Crippen molar-refractivity contribution in [3.63, 3.8) is 0 Å². The predicted octanol–water partition coefficient (Wildman–Crippen LogP) is 6.24. The summed E-state index contributed by atoms with van der Waals surface area (Å²) < 4.78 is 4.73. The number of ether oxygens (including phenoxy) is 1. The Bertz CT molecular complexity index is 1570. The Kier molecular flexibility index (Phi) is 10.6. The highest BCUT2D eigenvalue weighted by atomic mass is 16.5. The normalized spacial score (nSPS) is 17.0. The molecule has 9 heteroatoms. The SMILES string of the molecule is CCC(C)C(NC(=O)OC)C(=O)Nc1ccccc1-c1ccccc1NC(=O)C=C1c2ccccc2C(=O)NC1C(C)CC. The van der Waals surface area contributed by atoms with Crippen LogP contribution < -0.4 is 21.3 Å². The first-order valence-corrected chi connectivity index (χ1v) is 14.9. The fraction of sp³-hybridized carbons (Fsp3) is 0.314. The molecule has 0 spiro atoms. The molecular formula is C35H40N4O5. The molecule has 0 bridgehead atoms. The van der Waals surface area contributed by atoms with Gasteiger partial charge in [-0.1, -0.05) is 95.1 Å². The third-order valence-corrected chi connectivity index (χ3v) is 8.22. The summed E-state index contributed by atoms with van der Waals surface area (Å²) in [5, 5.41) is 11.7. The standard InChI is InChI=1S/C35H40N4O5/c1-6-21(3)31-27(23-14-8-9-17-26(23)33(41)38-31)20-30(40)36-28-18-12-10-15-24(28)25-16-11-13-19-29(25)37-34(42)32(22(4)7-2)39-35(43)44-5/h8-22,31-32H,6-7H2,1-5H3,(H,36,40)(H,37,42)(H,38,41)(H,39,43). The summed E-state index contributed by atoms with van der Waals surface area (Å²) in [6.07, 6.45) is 2.37. The van der Waals surface area contributed by atoms with Crippen LogP contribution in [0.2, 0.25) is 0 Å². The van der Waals surface area contributed by atoms with E-state index in [2.05, 4.69) is 35.1 Å². The number of amides is 4. The van der Waals surface area contributed by atoms with Crippen LogP contribution in [0, 0.1) is 11.8 Å². The van der Waals surface area contributed by atoms with Crippen LogP contribution in [-0.2, 0) is 14.3 Å². The minimum Gasteiger partial charge on any atom is -0.453 e. The van der Waals surface area contributed by atoms with Gasteiger partial charge < -0.3 is 26.0 Å². The lowest BCUT2D eigenvalue weighted by molar-refractivity contribution is -0.119. The van der Waals surface area contributed by atoms with Crippen LogP contribution in [0.1, 0.15) is 56.5 Å². The van der Waals surface area contributed by atoms with Crippen LogP contribution in [0.5, 0.6) is 0 Å². The number of fused-ring (bicyclic) bond motifs is 1. The molecule has 3 aromatic rings. The number of hydrogen-bond donors (Lipinski definition) is 4. The van der Waals surface area contributed by atoms with Crippen LogP contribution in [-0.4, -0.2) is 43.0 Å². The average molecular weight is 597 g/mol. The molecule has 1 heterocycles. The van der Waals surface area contributed by atoms with Gasteiger partial charge >= 0.3 is 6.09 Å². The molecule has 3 aromatic carbocycles. The summed E-state index contributed by atoms with van der Waals surface area (Å²) in [7, 11) is 1.25. The number of hydrogen-bond acceptors (Lipinski definition) is 5. The van der Waals surface area contributed by atoms with E-state index in [4.69, 9.17) is 4.74 Å². The van der Waals surface area contributed by atoms with Crippen LogP contribution in [0.15, 0.2) is 78.9 Å². The molecule has 230 valence electrons. The number of alkyl carbamates (subject to hydrolysis) is 1. The van der Waals surface area contributed by atoms with Crippen LogP contribution in [0.3, 0.4) is 0 Å². The first-order chi connectivity index (χ1) is 21.2. The van der Waals surface area contributed by atoms with Gasteiger partial charge in [0.1, 0.15) is 6.04 Å². The number of nitrogens with one attached hydrogen (secondary N) is 4. The highest BCUT2D eigenvalue weighted by Gasteiger charge is 2.32. The molecule has 4 amide bonds. The zero-order valence-corrected chi connectivity index (χ0v) is 25.8. The van der Waals surface area contributed by atoms with Crippen molar-refractivity contribution >= 4 is 40.8 Å². The molecule has 0 saturated heterocycles. The summed E-state index contributed by atoms with van der Waals surface area (Å²) in [4.78, 5) is 51.7. The van der Waals surface area contributed by atoms with Crippen molar-refractivity contribution in [3.05, 3.63) is 90.0 Å². The van der Waals surface area contributed by atoms with Crippen molar-refractivity contribution in [1.82, 2.24) is 10.6 Å². The molecule has 1 aliphatic rings. The molecule has 0 fully saturated rings. The Hall–Kier alpha value is -4.92. The molecular weight excluding hydrogens is 556 g/mol. The molecule has 4 unspecified atom stereocenters. The van der Waals surface area contributed by atoms with Crippen molar-refractivity contribution in [3.8, 4) is 11.1 Å². The number of carbonyl (C=O) groups is 4. The van der Waals surface area contributed by atoms with Gasteiger partial charge in [0.15, 0.2) is 0 Å². The van der Waals surface area contributed by atoms with Crippen molar-refractivity contribution in [1.29, 1.82) is 0 Å². The van der Waals surface area contributed by atoms with Gasteiger partial charge in [-0.15, -0.1) is 0 Å². The van der Waals surface area contributed by atoms with Gasteiger partial charge in [-0.25, -0.2) is 4.79 Å². The number of carbonyl (C=O) groups excluding carboxylic acids is 4. The molecule has 0 saturated carbocycles. The highest BCUT2D eigenvalue weighted by Crippen LogP contribution is 2.35. The lowest BCUT2D eigenvalue weighted by Crippen LogP contribution is -2.47. The quantitative estimate of drug-likeness (QED) is 0.206. The van der Waals surface area contributed by atoms with E-state index in [1.54, 1.807) is 30.3 Å². The number of benzene rings is 3. The van der Waals surface area contributed by atoms with Crippen LogP contribution in [0.4, 0.5) is 16.2 Å². The van der Waals surface area contributed by atoms with Crippen LogP contribution in [0.25, 0.3) is 16.7 Å². The smallest absolute Gasteiger partial charge is 0.407 e. The fourth-order valence-electron chi connectivity index (χ4n) is 5.31. The van der Waals surface area contributed by atoms with E-state index < -0.39 is 12.1 Å². The average Bonchev–Trinajstić information content (AvgIpc) is 3.04. The number of methoxy groups -OCH3 is 1. The molecule has 0 aromatic heterocycles. The van der Waals surface area contributed by atoms with Gasteiger partial charge in [-0.3, -0.25) is 14.4 Å². The minimum absolute atomic E-state index is 0.113. The Morgan fingerprint density at radius 2 is 1.36 bits per heavy atom. The van der Waals surface area contributed by atoms with E-state index in [0.717, 1.165) is 17.6 Å². The monoisotopic (exact) mass is 596 g/mol. The maximum atomic E-state index is 13.6. The van der Waals surface area contributed by atoms with Crippen molar-refractivity contribution in [2.24, 2.45) is 11.8 Å².